The number of carboxylic acid groups (broad SMARTS) is 2. The van der Waals surface area contributed by atoms with Crippen molar-refractivity contribution < 1.29 is 38.5 Å². The van der Waals surface area contributed by atoms with Gasteiger partial charge in [0, 0.05) is 12.1 Å². The Balaban J connectivity index is 1.51. The molecule has 0 fully saturated rings. The highest BCUT2D eigenvalue weighted by atomic mass is 32.1. The van der Waals surface area contributed by atoms with Crippen molar-refractivity contribution in [1.29, 1.82) is 5.41 Å². The first kappa shape index (κ1) is 29.4. The number of hydrogen-bond acceptors (Lipinski definition) is 7. The summed E-state index contributed by atoms with van der Waals surface area (Å²) in [5.41, 5.74) is 7.04. The molecule has 1 amide bonds. The van der Waals surface area contributed by atoms with Gasteiger partial charge in [-0.05, 0) is 70.6 Å². The lowest BCUT2D eigenvalue weighted by molar-refractivity contribution is -0.143. The largest absolute Gasteiger partial charge is 0.480 e. The van der Waals surface area contributed by atoms with Gasteiger partial charge in [-0.2, -0.15) is 0 Å². The highest BCUT2D eigenvalue weighted by Crippen LogP contribution is 2.25. The maximum absolute atomic E-state index is 14.3. The third-order valence-corrected chi connectivity index (χ3v) is 6.80. The number of nitrogens with zero attached hydrogens (tertiary/aromatic N) is 1. The topological polar surface area (TPSA) is 183 Å². The molecule has 11 nitrogen and oxygen atoms in total. The van der Waals surface area contributed by atoms with E-state index in [4.69, 9.17) is 21.0 Å². The molecule has 3 aromatic rings. The SMILES string of the molecule is N=C(N)Nc1ccc(C(=O)Oc2ccc3c(c2)\C=C/C(C(=O)N(CC(=O)O)Cc2csc(C(=O)O)c2)=C/C=C/3)cc1F. The lowest BCUT2D eigenvalue weighted by Crippen LogP contribution is -2.35. The number of esters is 1. The van der Waals surface area contributed by atoms with Crippen LogP contribution in [0.1, 0.15) is 36.7 Å². The molecule has 0 saturated heterocycles. The highest BCUT2D eigenvalue weighted by molar-refractivity contribution is 7.12. The molecule has 1 aromatic heterocycles. The summed E-state index contributed by atoms with van der Waals surface area (Å²) < 4.78 is 19.7. The zero-order chi connectivity index (χ0) is 30.4. The Morgan fingerprint density at radius 2 is 1.81 bits per heavy atom. The fourth-order valence-corrected chi connectivity index (χ4v) is 4.68. The van der Waals surface area contributed by atoms with Crippen LogP contribution in [0.2, 0.25) is 0 Å². The lowest BCUT2D eigenvalue weighted by Gasteiger charge is -2.21. The molecular weight excluding hydrogens is 567 g/mol. The molecule has 6 N–H and O–H groups in total. The molecule has 13 heteroatoms. The molecule has 1 heterocycles. The molecule has 0 radical (unpaired) electrons. The molecule has 1 aliphatic rings. The van der Waals surface area contributed by atoms with E-state index in [2.05, 4.69) is 5.32 Å². The van der Waals surface area contributed by atoms with E-state index in [9.17, 15) is 28.7 Å². The van der Waals surface area contributed by atoms with Gasteiger partial charge in [-0.15, -0.1) is 11.3 Å². The van der Waals surface area contributed by atoms with Crippen LogP contribution in [-0.4, -0.2) is 51.4 Å². The second-order valence-electron chi connectivity index (χ2n) is 8.91. The molecule has 0 atom stereocenters. The fraction of sp³-hybridized carbons (Fsp3) is 0.0690. The highest BCUT2D eigenvalue weighted by Gasteiger charge is 2.21. The minimum absolute atomic E-state index is 0.0702. The number of carbonyl (C=O) groups excluding carboxylic acids is 2. The van der Waals surface area contributed by atoms with Crippen molar-refractivity contribution in [1.82, 2.24) is 4.90 Å². The normalized spacial score (nSPS) is 14.6. The Kier molecular flexibility index (Phi) is 8.93. The number of rotatable bonds is 9. The van der Waals surface area contributed by atoms with Gasteiger partial charge in [0.25, 0.3) is 5.91 Å². The summed E-state index contributed by atoms with van der Waals surface area (Å²) in [6.45, 7) is -0.706. The first-order valence-corrected chi connectivity index (χ1v) is 13.0. The Bertz CT molecular complexity index is 1690. The first-order valence-electron chi connectivity index (χ1n) is 12.1. The van der Waals surface area contributed by atoms with Crippen LogP contribution >= 0.6 is 11.3 Å². The number of halogens is 1. The van der Waals surface area contributed by atoms with Crippen molar-refractivity contribution in [3.63, 3.8) is 0 Å². The van der Waals surface area contributed by atoms with Gasteiger partial charge in [0.15, 0.2) is 5.96 Å². The maximum atomic E-state index is 14.3. The summed E-state index contributed by atoms with van der Waals surface area (Å²) >= 11 is 0.977. The number of anilines is 1. The minimum atomic E-state index is -1.23. The third kappa shape index (κ3) is 7.34. The molecule has 0 spiro atoms. The summed E-state index contributed by atoms with van der Waals surface area (Å²) in [5.74, 6) is -4.87. The summed E-state index contributed by atoms with van der Waals surface area (Å²) in [6.07, 6.45) is 7.96. The van der Waals surface area contributed by atoms with Crippen LogP contribution in [0.25, 0.3) is 12.2 Å². The molecule has 0 saturated carbocycles. The second-order valence-corrected chi connectivity index (χ2v) is 9.82. The average Bonchev–Trinajstić information content (AvgIpc) is 3.38. The van der Waals surface area contributed by atoms with E-state index in [1.807, 2.05) is 0 Å². The number of nitrogens with two attached hydrogens (primary N) is 1. The van der Waals surface area contributed by atoms with Gasteiger partial charge in [-0.1, -0.05) is 24.3 Å². The van der Waals surface area contributed by atoms with Crippen LogP contribution in [0.3, 0.4) is 0 Å². The number of benzene rings is 2. The summed E-state index contributed by atoms with van der Waals surface area (Å²) in [6, 6.07) is 9.70. The van der Waals surface area contributed by atoms with Crippen LogP contribution in [0.4, 0.5) is 10.1 Å². The van der Waals surface area contributed by atoms with Crippen LogP contribution in [0.5, 0.6) is 5.75 Å². The standard InChI is InChI=1S/C29H23FN4O7S/c30-22-12-20(7-9-23(22)33-29(31)32)28(40)41-21-8-6-17-2-1-3-18(4-5-19(17)11-21)26(37)34(14-25(35)36)13-16-10-24(27(38)39)42-15-16/h1-12,15H,13-14H2,(H,35,36)(H,38,39)(H4,31,32,33)/b2-1+,3-1?,5-4-,17-2?,18-3-,18-4?,19-5?. The molecule has 1 aliphatic carbocycles. The zero-order valence-corrected chi connectivity index (χ0v) is 22.5. The fourth-order valence-electron chi connectivity index (χ4n) is 3.94. The minimum Gasteiger partial charge on any atom is -0.480 e. The number of hydrogen-bond donors (Lipinski definition) is 5. The van der Waals surface area contributed by atoms with Crippen molar-refractivity contribution in [2.45, 2.75) is 6.54 Å². The molecular formula is C29H23FN4O7S. The predicted octanol–water partition coefficient (Wildman–Crippen LogP) is 4.19. The Hall–Kier alpha value is -5.56. The average molecular weight is 591 g/mol. The number of carboxylic acids is 2. The summed E-state index contributed by atoms with van der Waals surface area (Å²) in [5, 5.41) is 29.6. The molecule has 0 bridgehead atoms. The van der Waals surface area contributed by atoms with Gasteiger partial charge in [0.2, 0.25) is 0 Å². The van der Waals surface area contributed by atoms with Crippen molar-refractivity contribution in [2.24, 2.45) is 5.73 Å². The number of fused-ring (bicyclic) bond motifs is 1. The van der Waals surface area contributed by atoms with Crippen LogP contribution in [0, 0.1) is 11.2 Å². The maximum Gasteiger partial charge on any atom is 0.345 e. The predicted molar refractivity (Wildman–Crippen MR) is 154 cm³/mol. The lowest BCUT2D eigenvalue weighted by atomic mass is 10.0. The van der Waals surface area contributed by atoms with E-state index in [-0.39, 0.29) is 34.0 Å². The van der Waals surface area contributed by atoms with E-state index in [0.29, 0.717) is 11.1 Å². The smallest absolute Gasteiger partial charge is 0.345 e. The monoisotopic (exact) mass is 590 g/mol. The number of allylic oxidation sites excluding steroid dienone is 2. The van der Waals surface area contributed by atoms with Crippen LogP contribution in [-0.2, 0) is 16.1 Å². The van der Waals surface area contributed by atoms with Crippen LogP contribution in [0.15, 0.2) is 71.6 Å². The van der Waals surface area contributed by atoms with E-state index < -0.39 is 42.1 Å². The number of amides is 1. The molecule has 4 rings (SSSR count). The summed E-state index contributed by atoms with van der Waals surface area (Å²) in [4.78, 5) is 49.8. The Morgan fingerprint density at radius 3 is 2.48 bits per heavy atom. The number of thiophene rings is 1. The number of ether oxygens (including phenoxy) is 1. The van der Waals surface area contributed by atoms with Crippen molar-refractivity contribution in [3.05, 3.63) is 105 Å². The van der Waals surface area contributed by atoms with Crippen LogP contribution < -0.4 is 15.8 Å². The van der Waals surface area contributed by atoms with E-state index in [1.54, 1.807) is 41.8 Å². The van der Waals surface area contributed by atoms with Crippen molar-refractivity contribution >= 4 is 59.0 Å². The molecule has 214 valence electrons. The summed E-state index contributed by atoms with van der Waals surface area (Å²) in [7, 11) is 0. The molecule has 2 aromatic carbocycles. The van der Waals surface area contributed by atoms with Crippen molar-refractivity contribution in [2.75, 3.05) is 11.9 Å². The van der Waals surface area contributed by atoms with E-state index >= 15 is 0 Å². The van der Waals surface area contributed by atoms with Gasteiger partial charge in [-0.25, -0.2) is 14.0 Å². The van der Waals surface area contributed by atoms with Crippen molar-refractivity contribution in [3.8, 4) is 5.75 Å². The number of carbonyl (C=O) groups is 4. The Morgan fingerprint density at radius 1 is 1.02 bits per heavy atom. The van der Waals surface area contributed by atoms with Gasteiger partial charge in [0.1, 0.15) is 23.0 Å². The number of aliphatic carboxylic acids is 1. The molecule has 0 unspecified atom stereocenters. The van der Waals surface area contributed by atoms with E-state index in [1.165, 1.54) is 30.4 Å². The zero-order valence-electron chi connectivity index (χ0n) is 21.7. The molecule has 42 heavy (non-hydrogen) atoms. The molecule has 0 aliphatic heterocycles. The first-order chi connectivity index (χ1) is 20.0. The van der Waals surface area contributed by atoms with Gasteiger partial charge in [0.05, 0.1) is 11.3 Å². The number of aromatic carboxylic acids is 1. The number of guanidine groups is 1. The number of nitrogens with one attached hydrogen (secondary N) is 2. The second kappa shape index (κ2) is 12.7. The third-order valence-electron chi connectivity index (χ3n) is 5.84. The Labute approximate surface area is 242 Å². The quantitative estimate of drug-likeness (QED) is 0.106. The van der Waals surface area contributed by atoms with E-state index in [0.717, 1.165) is 27.9 Å². The van der Waals surface area contributed by atoms with Gasteiger partial charge >= 0.3 is 17.9 Å². The van der Waals surface area contributed by atoms with Gasteiger partial charge in [-0.3, -0.25) is 15.0 Å². The van der Waals surface area contributed by atoms with Gasteiger partial charge < -0.3 is 30.9 Å².